The van der Waals surface area contributed by atoms with Crippen molar-refractivity contribution in [1.29, 1.82) is 5.26 Å². The molecule has 0 saturated carbocycles. The summed E-state index contributed by atoms with van der Waals surface area (Å²) in [5, 5.41) is 27.7. The molecule has 5 rings (SSSR count). The van der Waals surface area contributed by atoms with E-state index in [1.807, 2.05) is 37.8 Å². The van der Waals surface area contributed by atoms with Crippen molar-refractivity contribution in [3.8, 4) is 34.8 Å². The molecule has 1 N–H and O–H groups in total. The molecule has 0 aliphatic carbocycles. The third kappa shape index (κ3) is 5.26. The van der Waals surface area contributed by atoms with Gasteiger partial charge in [0.15, 0.2) is 0 Å². The van der Waals surface area contributed by atoms with Crippen molar-refractivity contribution < 1.29 is 27.1 Å². The Hall–Kier alpha value is -4.19. The fraction of sp³-hybridized carbons (Fsp3) is 0.357. The Balaban J connectivity index is 1.74. The van der Waals surface area contributed by atoms with E-state index in [-0.39, 0.29) is 24.0 Å². The second-order valence-corrected chi connectivity index (χ2v) is 21.4. The van der Waals surface area contributed by atoms with E-state index in [0.29, 0.717) is 40.3 Å². The van der Waals surface area contributed by atoms with E-state index in [2.05, 4.69) is 15.2 Å². The number of methoxy groups -OCH3 is 1. The number of sulfonamides is 1. The Morgan fingerprint density at radius 2 is 1.90 bits per heavy atom. The molecule has 0 unspecified atom stereocenters. The van der Waals surface area contributed by atoms with Gasteiger partial charge in [0.25, 0.3) is 0 Å². The van der Waals surface area contributed by atoms with E-state index in [0.717, 1.165) is 0 Å². The number of pyridine rings is 1. The summed E-state index contributed by atoms with van der Waals surface area (Å²) in [6.07, 6.45) is -0.193. The second kappa shape index (κ2) is 10.3. The fourth-order valence-electron chi connectivity index (χ4n) is 4.86. The van der Waals surface area contributed by atoms with Crippen molar-refractivity contribution >= 4 is 23.6 Å². The number of hydrogen-bond donors (Lipinski definition) is 1. The summed E-state index contributed by atoms with van der Waals surface area (Å²) in [4.78, 5) is 4.12. The van der Waals surface area contributed by atoms with Gasteiger partial charge in [-0.1, -0.05) is 0 Å². The molecule has 0 amide bonds. The Bertz CT molecular complexity index is 1790. The summed E-state index contributed by atoms with van der Waals surface area (Å²) in [6.45, 7) is 9.34. The fourth-order valence-corrected chi connectivity index (χ4v) is 8.65. The molecule has 0 radical (unpaired) electrons. The van der Waals surface area contributed by atoms with Gasteiger partial charge in [0.1, 0.15) is 0 Å². The van der Waals surface area contributed by atoms with E-state index in [9.17, 15) is 13.5 Å². The normalized spacial score (nSPS) is 18.3. The predicted molar refractivity (Wildman–Crippen MR) is 159 cm³/mol. The molecule has 3 aromatic heterocycles. The number of hydrogen-bond acceptors (Lipinski definition) is 10. The molecule has 222 valence electrons. The number of para-hydroxylation sites is 1. The standard InChI is InChI=1S/C28H33N6O6SSi/c1-18-10-13-24(39-18)27-31-32-28-33(41(36,37)19(2)26(35)21-12-11-20(16-29)17-30-21)14-15-42(4,5,6)40-23-9-7-8-22(38-3)25(23)34(27)28/h7-13,17,19,26,35H,14-15H2,1-6H3/q-1/t19-,26+/m1/s1. The number of benzene rings is 1. The number of aliphatic hydroxyl groups is 1. The number of fused-ring (bicyclic) bond motifs is 3. The van der Waals surface area contributed by atoms with Gasteiger partial charge in [-0.15, -0.1) is 0 Å². The molecule has 1 aliphatic rings. The van der Waals surface area contributed by atoms with Crippen LogP contribution in [0.4, 0.5) is 5.95 Å². The van der Waals surface area contributed by atoms with Gasteiger partial charge in [0.2, 0.25) is 0 Å². The summed E-state index contributed by atoms with van der Waals surface area (Å²) in [5.74, 6) is 2.18. The van der Waals surface area contributed by atoms with Crippen LogP contribution in [0.25, 0.3) is 17.3 Å². The van der Waals surface area contributed by atoms with Crippen molar-refractivity contribution in [3.63, 3.8) is 0 Å². The molecule has 42 heavy (non-hydrogen) atoms. The van der Waals surface area contributed by atoms with Crippen molar-refractivity contribution in [2.24, 2.45) is 0 Å². The van der Waals surface area contributed by atoms with E-state index in [1.54, 1.807) is 29.7 Å². The monoisotopic (exact) mass is 609 g/mol. The van der Waals surface area contributed by atoms with E-state index >= 15 is 0 Å². The molecule has 0 saturated heterocycles. The van der Waals surface area contributed by atoms with Gasteiger partial charge in [-0.3, -0.25) is 0 Å². The van der Waals surface area contributed by atoms with Gasteiger partial charge in [0, 0.05) is 0 Å². The molecule has 1 aromatic carbocycles. The number of aryl methyl sites for hydroxylation is 1. The SMILES string of the molecule is COc1cccc2c1-n1c(-c3ccc(C)o3)nnc1N(S(=O)(=O)[C@H](C)[C@H](O)c1ccc(C#N)cn1)CC[Si-](C)(C)(C)O2. The molecule has 1 aliphatic heterocycles. The van der Waals surface area contributed by atoms with Crippen LogP contribution in [0.5, 0.6) is 11.5 Å². The first kappa shape index (κ1) is 29.3. The first-order valence-corrected chi connectivity index (χ1v) is 19.0. The Morgan fingerprint density at radius 3 is 2.52 bits per heavy atom. The zero-order valence-electron chi connectivity index (χ0n) is 24.3. The quantitative estimate of drug-likeness (QED) is 0.308. The number of ether oxygens (including phenoxy) is 1. The number of aromatic nitrogens is 4. The zero-order valence-corrected chi connectivity index (χ0v) is 26.1. The predicted octanol–water partition coefficient (Wildman–Crippen LogP) is 4.55. The molecule has 4 heterocycles. The summed E-state index contributed by atoms with van der Waals surface area (Å²) >= 11 is 0. The zero-order chi connectivity index (χ0) is 30.5. The molecule has 12 nitrogen and oxygen atoms in total. The topological polar surface area (TPSA) is 157 Å². The Labute approximate surface area is 244 Å². The molecule has 0 bridgehead atoms. The average Bonchev–Trinajstić information content (AvgIpc) is 3.57. The summed E-state index contributed by atoms with van der Waals surface area (Å²) < 4.78 is 50.0. The summed E-state index contributed by atoms with van der Waals surface area (Å²) in [5.41, 5.74) is 0.850. The molecule has 0 spiro atoms. The number of nitrogens with zero attached hydrogens (tertiary/aromatic N) is 6. The minimum absolute atomic E-state index is 0.00191. The average molecular weight is 610 g/mol. The first-order valence-electron chi connectivity index (χ1n) is 13.4. The van der Waals surface area contributed by atoms with E-state index in [1.165, 1.54) is 36.7 Å². The third-order valence-corrected chi connectivity index (χ3v) is 12.4. The molecular weight excluding hydrogens is 576 g/mol. The number of anilines is 1. The van der Waals surface area contributed by atoms with Gasteiger partial charge in [-0.25, -0.2) is 0 Å². The first-order chi connectivity index (χ1) is 19.7. The number of nitriles is 1. The van der Waals surface area contributed by atoms with Gasteiger partial charge < -0.3 is 0 Å². The third-order valence-electron chi connectivity index (χ3n) is 7.33. The van der Waals surface area contributed by atoms with Crippen LogP contribution in [0.3, 0.4) is 0 Å². The second-order valence-electron chi connectivity index (χ2n) is 11.9. The molecular formula is C28H33N6O6SSi-. The number of rotatable bonds is 6. The van der Waals surface area contributed by atoms with Crippen LogP contribution >= 0.6 is 0 Å². The van der Waals surface area contributed by atoms with Crippen LogP contribution in [0.1, 0.15) is 30.0 Å². The van der Waals surface area contributed by atoms with Crippen LogP contribution < -0.4 is 13.5 Å². The van der Waals surface area contributed by atoms with Crippen LogP contribution in [-0.2, 0) is 10.0 Å². The van der Waals surface area contributed by atoms with Crippen molar-refractivity contribution in [3.05, 3.63) is 65.7 Å². The van der Waals surface area contributed by atoms with Gasteiger partial charge in [0.05, 0.1) is 0 Å². The van der Waals surface area contributed by atoms with Crippen molar-refractivity contribution in [2.45, 2.75) is 50.9 Å². The van der Waals surface area contributed by atoms with E-state index < -0.39 is 29.0 Å². The number of furan rings is 1. The van der Waals surface area contributed by atoms with Crippen LogP contribution in [0.15, 0.2) is 53.1 Å². The van der Waals surface area contributed by atoms with Crippen LogP contribution in [0, 0.1) is 18.3 Å². The van der Waals surface area contributed by atoms with Gasteiger partial charge >= 0.3 is 245 Å². The summed E-state index contributed by atoms with van der Waals surface area (Å²) in [7, 11) is -6.08. The van der Waals surface area contributed by atoms with Crippen LogP contribution in [-0.4, -0.2) is 59.8 Å². The van der Waals surface area contributed by atoms with Gasteiger partial charge in [-0.05, 0) is 0 Å². The van der Waals surface area contributed by atoms with Crippen molar-refractivity contribution in [1.82, 2.24) is 19.7 Å². The molecule has 0 fully saturated rings. The van der Waals surface area contributed by atoms with Crippen LogP contribution in [0.2, 0.25) is 25.7 Å². The maximum atomic E-state index is 14.4. The maximum absolute atomic E-state index is 14.4. The Kier molecular flexibility index (Phi) is 7.16. The van der Waals surface area contributed by atoms with E-state index in [4.69, 9.17) is 18.8 Å². The number of aliphatic hydroxyl groups excluding tert-OH is 1. The minimum atomic E-state index is -4.30. The van der Waals surface area contributed by atoms with Gasteiger partial charge in [-0.2, -0.15) is 0 Å². The molecule has 14 heteroatoms. The Morgan fingerprint density at radius 1 is 1.14 bits per heavy atom. The summed E-state index contributed by atoms with van der Waals surface area (Å²) in [6, 6.07) is 14.2. The van der Waals surface area contributed by atoms with Crippen molar-refractivity contribution in [2.75, 3.05) is 18.0 Å². The molecule has 4 aromatic rings. The molecule has 2 atom stereocenters.